The summed E-state index contributed by atoms with van der Waals surface area (Å²) >= 11 is 5.82. The number of fused-ring (bicyclic) bond motifs is 1. The molecule has 2 rings (SSSR count). The Hall–Kier alpha value is -2.14. The van der Waals surface area contributed by atoms with Crippen LogP contribution in [0.1, 0.15) is 6.92 Å². The van der Waals surface area contributed by atoms with Crippen LogP contribution in [0.5, 0.6) is 0 Å². The molecule has 1 amide bonds. The van der Waals surface area contributed by atoms with E-state index in [9.17, 15) is 13.2 Å². The van der Waals surface area contributed by atoms with E-state index in [-0.39, 0.29) is 23.4 Å². The molecule has 0 radical (unpaired) electrons. The van der Waals surface area contributed by atoms with Crippen molar-refractivity contribution in [1.29, 1.82) is 0 Å². The number of aromatic nitrogens is 4. The van der Waals surface area contributed by atoms with E-state index in [0.717, 1.165) is 0 Å². The molecule has 0 fully saturated rings. The van der Waals surface area contributed by atoms with Gasteiger partial charge in [-0.15, -0.1) is 0 Å². The quantitative estimate of drug-likeness (QED) is 0.693. The summed E-state index contributed by atoms with van der Waals surface area (Å²) in [4.78, 5) is 25.1. The number of H-pyrrole nitrogens is 1. The monoisotopic (exact) mass is 320 g/mol. The molecule has 12 heteroatoms. The fourth-order valence-corrected chi connectivity index (χ4v) is 2.14. The number of amides is 1. The maximum Gasteiger partial charge on any atom is 0.422 e. The zero-order valence-electron chi connectivity index (χ0n) is 10.0. The lowest BCUT2D eigenvalue weighted by atomic mass is 10.6. The number of rotatable bonds is 4. The molecule has 0 aliphatic carbocycles. The van der Waals surface area contributed by atoms with Crippen LogP contribution in [-0.2, 0) is 14.9 Å². The van der Waals surface area contributed by atoms with Crippen LogP contribution in [0, 0.1) is 0 Å². The summed E-state index contributed by atoms with van der Waals surface area (Å²) in [5.74, 6) is -0.327. The van der Waals surface area contributed by atoms with Crippen molar-refractivity contribution in [2.45, 2.75) is 6.92 Å². The van der Waals surface area contributed by atoms with Gasteiger partial charge in [-0.3, -0.25) is 0 Å². The molecule has 0 saturated heterocycles. The van der Waals surface area contributed by atoms with Crippen molar-refractivity contribution in [3.63, 3.8) is 0 Å². The van der Waals surface area contributed by atoms with E-state index in [4.69, 9.17) is 11.6 Å². The number of carbonyl (C=O) groups is 1. The summed E-state index contributed by atoms with van der Waals surface area (Å²) in [7, 11) is -4.22. The van der Waals surface area contributed by atoms with E-state index in [1.54, 1.807) is 4.72 Å². The Kier molecular flexibility index (Phi) is 3.90. The van der Waals surface area contributed by atoms with Crippen LogP contribution in [0.2, 0.25) is 5.15 Å². The predicted octanol–water partition coefficient (Wildman–Crippen LogP) is 0.409. The normalized spacial score (nSPS) is 11.3. The lowest BCUT2D eigenvalue weighted by Crippen LogP contribution is -2.36. The minimum absolute atomic E-state index is 0.0127. The summed E-state index contributed by atoms with van der Waals surface area (Å²) in [5, 5.41) is -0.0127. The predicted molar refractivity (Wildman–Crippen MR) is 69.4 cm³/mol. The molecular formula is C8H9ClN6O4S. The second kappa shape index (κ2) is 5.46. The summed E-state index contributed by atoms with van der Waals surface area (Å²) in [6.45, 7) is 1.57. The molecule has 0 bridgehead atoms. The number of imidazole rings is 1. The molecule has 2 heterocycles. The van der Waals surface area contributed by atoms with Crippen LogP contribution in [0.15, 0.2) is 6.33 Å². The largest absolute Gasteiger partial charge is 0.449 e. The first-order chi connectivity index (χ1) is 9.41. The number of carbonyl (C=O) groups excluding carboxylic acids is 1. The fraction of sp³-hybridized carbons (Fsp3) is 0.250. The molecular weight excluding hydrogens is 312 g/mol. The third kappa shape index (κ3) is 3.24. The first-order valence-electron chi connectivity index (χ1n) is 5.25. The molecule has 108 valence electrons. The van der Waals surface area contributed by atoms with Crippen molar-refractivity contribution in [2.24, 2.45) is 0 Å². The number of anilines is 1. The van der Waals surface area contributed by atoms with Crippen molar-refractivity contribution in [3.8, 4) is 0 Å². The Morgan fingerprint density at radius 3 is 2.95 bits per heavy atom. The summed E-state index contributed by atoms with van der Waals surface area (Å²) in [6.07, 6.45) is 0.215. The zero-order valence-corrected chi connectivity index (χ0v) is 11.6. The van der Waals surface area contributed by atoms with Gasteiger partial charge in [-0.2, -0.15) is 18.4 Å². The molecule has 0 spiro atoms. The van der Waals surface area contributed by atoms with Crippen LogP contribution in [-0.4, -0.2) is 41.1 Å². The van der Waals surface area contributed by atoms with Gasteiger partial charge in [-0.1, -0.05) is 11.6 Å². The van der Waals surface area contributed by atoms with Gasteiger partial charge in [-0.25, -0.2) is 19.2 Å². The highest BCUT2D eigenvalue weighted by Crippen LogP contribution is 2.18. The standard InChI is InChI=1S/C8H9ClN6O4S/c1-2-19-8(16)15-20(17,18)14-7-12-5(9)4-6(13-7)11-3-10-4/h3H,2H2,1H3,(H,15,16)(H2,10,11,12,13,14). The van der Waals surface area contributed by atoms with Crippen molar-refractivity contribution in [3.05, 3.63) is 11.5 Å². The van der Waals surface area contributed by atoms with Crippen LogP contribution < -0.4 is 9.44 Å². The Labute approximate surface area is 118 Å². The molecule has 20 heavy (non-hydrogen) atoms. The fourth-order valence-electron chi connectivity index (χ4n) is 1.26. The van der Waals surface area contributed by atoms with Gasteiger partial charge in [0.15, 0.2) is 10.8 Å². The summed E-state index contributed by atoms with van der Waals surface area (Å²) in [5.41, 5.74) is 0.548. The Balaban J connectivity index is 2.20. The molecule has 0 aromatic carbocycles. The Morgan fingerprint density at radius 2 is 2.25 bits per heavy atom. The minimum atomic E-state index is -4.22. The van der Waals surface area contributed by atoms with Crippen LogP contribution >= 0.6 is 11.6 Å². The van der Waals surface area contributed by atoms with Gasteiger partial charge in [-0.05, 0) is 6.92 Å². The van der Waals surface area contributed by atoms with Gasteiger partial charge in [0.05, 0.1) is 12.9 Å². The number of ether oxygens (including phenoxy) is 1. The first kappa shape index (κ1) is 14.3. The molecule has 0 atom stereocenters. The van der Waals surface area contributed by atoms with Crippen molar-refractivity contribution in [1.82, 2.24) is 24.7 Å². The second-order valence-electron chi connectivity index (χ2n) is 3.37. The van der Waals surface area contributed by atoms with Crippen molar-refractivity contribution in [2.75, 3.05) is 11.3 Å². The van der Waals surface area contributed by atoms with E-state index in [0.29, 0.717) is 5.52 Å². The zero-order chi connectivity index (χ0) is 14.8. The molecule has 0 unspecified atom stereocenters. The van der Waals surface area contributed by atoms with Crippen molar-refractivity contribution < 1.29 is 17.9 Å². The lowest BCUT2D eigenvalue weighted by molar-refractivity contribution is 0.159. The van der Waals surface area contributed by atoms with E-state index in [1.807, 2.05) is 4.72 Å². The van der Waals surface area contributed by atoms with Crippen molar-refractivity contribution >= 4 is 45.0 Å². The molecule has 2 aromatic heterocycles. The molecule has 2 aromatic rings. The Morgan fingerprint density at radius 1 is 1.50 bits per heavy atom. The molecule has 10 nitrogen and oxygen atoms in total. The van der Waals surface area contributed by atoms with Crippen LogP contribution in [0.25, 0.3) is 11.2 Å². The van der Waals surface area contributed by atoms with E-state index in [1.165, 1.54) is 13.3 Å². The smallest absolute Gasteiger partial charge is 0.422 e. The molecule has 3 N–H and O–H groups in total. The number of hydrogen-bond acceptors (Lipinski definition) is 7. The highest BCUT2D eigenvalue weighted by molar-refractivity contribution is 7.91. The second-order valence-corrected chi connectivity index (χ2v) is 5.14. The maximum absolute atomic E-state index is 11.6. The van der Waals surface area contributed by atoms with Gasteiger partial charge in [0.2, 0.25) is 5.95 Å². The van der Waals surface area contributed by atoms with Gasteiger partial charge in [0.25, 0.3) is 0 Å². The highest BCUT2D eigenvalue weighted by atomic mass is 35.5. The third-order valence-electron chi connectivity index (χ3n) is 1.96. The number of nitrogens with zero attached hydrogens (tertiary/aromatic N) is 3. The maximum atomic E-state index is 11.6. The van der Waals surface area contributed by atoms with Crippen LogP contribution in [0.4, 0.5) is 10.7 Å². The van der Waals surface area contributed by atoms with Gasteiger partial charge in [0, 0.05) is 0 Å². The summed E-state index contributed by atoms with van der Waals surface area (Å²) < 4.78 is 31.2. The van der Waals surface area contributed by atoms with Crippen LogP contribution in [0.3, 0.4) is 0 Å². The summed E-state index contributed by atoms with van der Waals surface area (Å²) in [6, 6.07) is 0. The topological polar surface area (TPSA) is 139 Å². The van der Waals surface area contributed by atoms with Gasteiger partial charge < -0.3 is 9.72 Å². The molecule has 0 saturated carbocycles. The SMILES string of the molecule is CCOC(=O)NS(=O)(=O)Nc1nc(Cl)c2[nH]cnc2n1. The average Bonchev–Trinajstić information content (AvgIpc) is 2.75. The number of aromatic amines is 1. The number of nitrogens with one attached hydrogen (secondary N) is 3. The van der Waals surface area contributed by atoms with E-state index < -0.39 is 16.3 Å². The van der Waals surface area contributed by atoms with Gasteiger partial charge in [0.1, 0.15) is 5.52 Å². The Bertz CT molecular complexity index is 745. The minimum Gasteiger partial charge on any atom is -0.449 e. The van der Waals surface area contributed by atoms with E-state index >= 15 is 0 Å². The van der Waals surface area contributed by atoms with E-state index in [2.05, 4.69) is 24.7 Å². The number of hydrogen-bond donors (Lipinski definition) is 3. The lowest BCUT2D eigenvalue weighted by Gasteiger charge is -2.07. The third-order valence-corrected chi connectivity index (χ3v) is 3.12. The number of halogens is 1. The van der Waals surface area contributed by atoms with Gasteiger partial charge >= 0.3 is 16.3 Å². The molecule has 0 aliphatic rings. The first-order valence-corrected chi connectivity index (χ1v) is 7.11. The highest BCUT2D eigenvalue weighted by Gasteiger charge is 2.18. The average molecular weight is 321 g/mol. The molecule has 0 aliphatic heterocycles.